The van der Waals surface area contributed by atoms with Gasteiger partial charge < -0.3 is 15.6 Å². The highest BCUT2D eigenvalue weighted by Gasteiger charge is 2.07. The van der Waals surface area contributed by atoms with Gasteiger partial charge in [0.25, 0.3) is 5.91 Å². The lowest BCUT2D eigenvalue weighted by atomic mass is 10.3. The van der Waals surface area contributed by atoms with E-state index in [-0.39, 0.29) is 18.4 Å². The normalized spacial score (nSPS) is 9.40. The average Bonchev–Trinajstić information content (AvgIpc) is 2.26. The summed E-state index contributed by atoms with van der Waals surface area (Å²) in [6.07, 6.45) is 1.64. The fourth-order valence-electron chi connectivity index (χ4n) is 0.945. The number of hydrogen-bond acceptors (Lipinski definition) is 3. The Hall–Kier alpha value is -1.69. The molecule has 0 radical (unpaired) electrons. The predicted octanol–water partition coefficient (Wildman–Crippen LogP) is 0.220. The summed E-state index contributed by atoms with van der Waals surface area (Å²) in [4.78, 5) is 25.1. The first-order valence-corrected chi connectivity index (χ1v) is 4.72. The van der Waals surface area contributed by atoms with Crippen LogP contribution in [-0.4, -0.2) is 30.4 Å². The van der Waals surface area contributed by atoms with Crippen LogP contribution in [0, 0.1) is 4.64 Å². The highest BCUT2D eigenvalue weighted by Crippen LogP contribution is 1.98. The van der Waals surface area contributed by atoms with Gasteiger partial charge in [0.1, 0.15) is 4.64 Å². The van der Waals surface area contributed by atoms with Crippen LogP contribution in [0.25, 0.3) is 0 Å². The molecule has 1 aromatic rings. The second-order valence-electron chi connectivity index (χ2n) is 2.77. The van der Waals surface area contributed by atoms with Crippen molar-refractivity contribution in [2.24, 2.45) is 0 Å². The zero-order chi connectivity index (χ0) is 11.3. The number of rotatable bonds is 3. The molecule has 0 aliphatic carbocycles. The molecule has 1 aromatic heterocycles. The van der Waals surface area contributed by atoms with E-state index in [9.17, 15) is 9.59 Å². The summed E-state index contributed by atoms with van der Waals surface area (Å²) in [5.41, 5.74) is 0.358. The molecule has 15 heavy (non-hydrogen) atoms. The summed E-state index contributed by atoms with van der Waals surface area (Å²) in [6, 6.07) is 3.27. The Labute approximate surface area is 91.9 Å². The van der Waals surface area contributed by atoms with Gasteiger partial charge in [-0.1, -0.05) is 12.2 Å². The number of nitrogens with one attached hydrogen (secondary N) is 3. The topological polar surface area (TPSA) is 74.0 Å². The van der Waals surface area contributed by atoms with Gasteiger partial charge in [0.05, 0.1) is 12.1 Å². The van der Waals surface area contributed by atoms with Gasteiger partial charge in [-0.2, -0.15) is 0 Å². The van der Waals surface area contributed by atoms with Gasteiger partial charge in [0.2, 0.25) is 5.91 Å². The first-order chi connectivity index (χ1) is 7.15. The maximum Gasteiger partial charge on any atom is 0.254 e. The Morgan fingerprint density at radius 1 is 1.53 bits per heavy atom. The van der Waals surface area contributed by atoms with E-state index in [1.807, 2.05) is 0 Å². The largest absolute Gasteiger partial charge is 0.358 e. The van der Waals surface area contributed by atoms with Crippen molar-refractivity contribution >= 4 is 24.0 Å². The van der Waals surface area contributed by atoms with E-state index in [1.54, 1.807) is 18.3 Å². The lowest BCUT2D eigenvalue weighted by molar-refractivity contribution is -0.119. The van der Waals surface area contributed by atoms with Gasteiger partial charge in [0, 0.05) is 13.2 Å². The summed E-state index contributed by atoms with van der Waals surface area (Å²) in [7, 11) is 1.50. The molecule has 6 heteroatoms. The monoisotopic (exact) mass is 225 g/mol. The zero-order valence-corrected chi connectivity index (χ0v) is 8.98. The minimum Gasteiger partial charge on any atom is -0.358 e. The van der Waals surface area contributed by atoms with Crippen molar-refractivity contribution in [2.75, 3.05) is 13.6 Å². The average molecular weight is 225 g/mol. The number of likely N-dealkylation sites (N-methyl/N-ethyl adjacent to an activating group) is 1. The van der Waals surface area contributed by atoms with Gasteiger partial charge in [0.15, 0.2) is 0 Å². The van der Waals surface area contributed by atoms with Crippen molar-refractivity contribution in [1.29, 1.82) is 0 Å². The second-order valence-corrected chi connectivity index (χ2v) is 3.18. The lowest BCUT2D eigenvalue weighted by Gasteiger charge is -2.03. The highest BCUT2D eigenvalue weighted by atomic mass is 32.1. The van der Waals surface area contributed by atoms with E-state index in [0.717, 1.165) is 0 Å². The smallest absolute Gasteiger partial charge is 0.254 e. The van der Waals surface area contributed by atoms with Crippen molar-refractivity contribution in [1.82, 2.24) is 15.6 Å². The number of H-pyrrole nitrogens is 1. The Balaban J connectivity index is 2.66. The lowest BCUT2D eigenvalue weighted by Crippen LogP contribution is -2.35. The van der Waals surface area contributed by atoms with E-state index < -0.39 is 0 Å². The first kappa shape index (κ1) is 11.4. The summed E-state index contributed by atoms with van der Waals surface area (Å²) < 4.78 is 0.354. The highest BCUT2D eigenvalue weighted by molar-refractivity contribution is 7.71. The molecule has 0 fully saturated rings. The molecule has 0 bridgehead atoms. The molecule has 5 nitrogen and oxygen atoms in total. The fraction of sp³-hybridized carbons (Fsp3) is 0.222. The van der Waals surface area contributed by atoms with Crippen LogP contribution in [0.15, 0.2) is 18.3 Å². The molecular formula is C9H11N3O2S. The van der Waals surface area contributed by atoms with Crippen LogP contribution in [0.3, 0.4) is 0 Å². The fourth-order valence-corrected chi connectivity index (χ4v) is 1.17. The van der Waals surface area contributed by atoms with Crippen LogP contribution in [-0.2, 0) is 4.79 Å². The summed E-state index contributed by atoms with van der Waals surface area (Å²) >= 11 is 4.92. The third kappa shape index (κ3) is 3.17. The van der Waals surface area contributed by atoms with E-state index in [1.165, 1.54) is 7.05 Å². The molecule has 0 aliphatic heterocycles. The second kappa shape index (κ2) is 5.26. The third-order valence-corrected chi connectivity index (χ3v) is 2.09. The summed E-state index contributed by atoms with van der Waals surface area (Å²) in [5.74, 6) is -0.616. The Morgan fingerprint density at radius 3 is 2.87 bits per heavy atom. The molecule has 80 valence electrons. The third-order valence-electron chi connectivity index (χ3n) is 1.75. The number of hydrogen-bond donors (Lipinski definition) is 3. The Bertz CT molecular complexity index is 427. The van der Waals surface area contributed by atoms with Crippen LogP contribution < -0.4 is 10.6 Å². The first-order valence-electron chi connectivity index (χ1n) is 4.31. The van der Waals surface area contributed by atoms with Crippen molar-refractivity contribution < 1.29 is 9.59 Å². The van der Waals surface area contributed by atoms with Crippen molar-refractivity contribution in [3.63, 3.8) is 0 Å². The number of aromatic amines is 1. The number of amides is 2. The van der Waals surface area contributed by atoms with Gasteiger partial charge in [-0.15, -0.1) is 0 Å². The molecule has 1 heterocycles. The summed E-state index contributed by atoms with van der Waals surface area (Å²) in [5, 5.41) is 4.85. The van der Waals surface area contributed by atoms with E-state index in [2.05, 4.69) is 15.6 Å². The minimum atomic E-state index is -0.361. The molecule has 0 spiro atoms. The van der Waals surface area contributed by atoms with Crippen molar-refractivity contribution in [2.45, 2.75) is 0 Å². The molecule has 0 saturated heterocycles. The molecule has 3 N–H and O–H groups in total. The minimum absolute atomic E-state index is 0.0565. The molecule has 0 unspecified atom stereocenters. The maximum absolute atomic E-state index is 11.5. The predicted molar refractivity (Wildman–Crippen MR) is 58.0 cm³/mol. The van der Waals surface area contributed by atoms with Gasteiger partial charge >= 0.3 is 0 Å². The van der Waals surface area contributed by atoms with E-state index >= 15 is 0 Å². The molecular weight excluding hydrogens is 214 g/mol. The van der Waals surface area contributed by atoms with Crippen molar-refractivity contribution in [3.8, 4) is 0 Å². The van der Waals surface area contributed by atoms with Gasteiger partial charge in [-0.25, -0.2) is 0 Å². The van der Waals surface area contributed by atoms with Crippen LogP contribution in [0.2, 0.25) is 0 Å². The maximum atomic E-state index is 11.5. The van der Waals surface area contributed by atoms with Crippen LogP contribution in [0.4, 0.5) is 0 Å². The summed E-state index contributed by atoms with van der Waals surface area (Å²) in [6.45, 7) is -0.0565. The molecule has 0 atom stereocenters. The number of carbonyl (C=O) groups excluding carboxylic acids is 2. The molecule has 0 aromatic carbocycles. The van der Waals surface area contributed by atoms with Gasteiger partial charge in [-0.05, 0) is 12.1 Å². The van der Waals surface area contributed by atoms with E-state index in [0.29, 0.717) is 10.2 Å². The Morgan fingerprint density at radius 2 is 2.27 bits per heavy atom. The molecule has 0 aliphatic rings. The van der Waals surface area contributed by atoms with Crippen LogP contribution >= 0.6 is 12.2 Å². The standard InChI is InChI=1S/C9H11N3O2S/c1-10-7(13)5-12-8(14)6-3-2-4-11-9(6)15/h2-4H,5H2,1H3,(H,10,13)(H,11,15)(H,12,14). The zero-order valence-electron chi connectivity index (χ0n) is 8.16. The quantitative estimate of drug-likeness (QED) is 0.644. The van der Waals surface area contributed by atoms with Crippen molar-refractivity contribution in [3.05, 3.63) is 28.5 Å². The molecule has 1 rings (SSSR count). The number of pyridine rings is 1. The number of carbonyl (C=O) groups is 2. The Kier molecular flexibility index (Phi) is 3.99. The van der Waals surface area contributed by atoms with Crippen LogP contribution in [0.1, 0.15) is 10.4 Å². The molecule has 0 saturated carbocycles. The van der Waals surface area contributed by atoms with E-state index in [4.69, 9.17) is 12.2 Å². The molecule has 2 amide bonds. The SMILES string of the molecule is CNC(=O)CNC(=O)c1ccc[nH]c1=S. The van der Waals surface area contributed by atoms with Gasteiger partial charge in [-0.3, -0.25) is 9.59 Å². The van der Waals surface area contributed by atoms with Crippen LogP contribution in [0.5, 0.6) is 0 Å². The number of aromatic nitrogens is 1.